The van der Waals surface area contributed by atoms with Crippen LogP contribution >= 0.6 is 35.8 Å². The van der Waals surface area contributed by atoms with E-state index in [0.29, 0.717) is 23.5 Å². The van der Waals surface area contributed by atoms with Gasteiger partial charge in [-0.05, 0) is 50.3 Å². The van der Waals surface area contributed by atoms with E-state index in [0.717, 1.165) is 17.0 Å². The van der Waals surface area contributed by atoms with Gasteiger partial charge in [0.2, 0.25) is 5.91 Å². The van der Waals surface area contributed by atoms with Crippen LogP contribution in [0, 0.1) is 6.92 Å². The Kier molecular flexibility index (Phi) is 9.42. The van der Waals surface area contributed by atoms with E-state index in [-0.39, 0.29) is 24.4 Å². The molecule has 1 aromatic rings. The monoisotopic (exact) mass is 483 g/mol. The number of anilines is 1. The summed E-state index contributed by atoms with van der Waals surface area (Å²) in [4.78, 5) is 20.6. The fourth-order valence-corrected chi connectivity index (χ4v) is 6.49. The average molecular weight is 485 g/mol. The van der Waals surface area contributed by atoms with Crippen LogP contribution in [0.15, 0.2) is 23.2 Å². The van der Waals surface area contributed by atoms with E-state index in [4.69, 9.17) is 16.6 Å². The number of benzene rings is 1. The van der Waals surface area contributed by atoms with Crippen molar-refractivity contribution in [2.45, 2.75) is 95.7 Å². The molecule has 1 aliphatic heterocycles. The molecule has 172 valence electrons. The molecule has 1 heterocycles. The van der Waals surface area contributed by atoms with Gasteiger partial charge in [0.15, 0.2) is 5.17 Å². The Morgan fingerprint density at radius 2 is 1.81 bits per heavy atom. The zero-order chi connectivity index (χ0) is 20.9. The second kappa shape index (κ2) is 11.8. The lowest BCUT2D eigenvalue weighted by Gasteiger charge is -2.37. The largest absolute Gasteiger partial charge is 0.344 e. The number of aliphatic imine (C=N–C) groups is 1. The predicted molar refractivity (Wildman–Crippen MR) is 136 cm³/mol. The SMILES string of the molecule is Cc1ccc(NC(=O)CC2CSC(=NC3CCCCC3)N2C2CCCCC2)cc1Cl.Cl. The molecular weight excluding hydrogens is 449 g/mol. The molecule has 1 saturated heterocycles. The molecule has 2 aliphatic carbocycles. The summed E-state index contributed by atoms with van der Waals surface area (Å²) in [6.45, 7) is 1.97. The molecule has 0 spiro atoms. The Bertz CT molecular complexity index is 776. The Morgan fingerprint density at radius 1 is 1.13 bits per heavy atom. The smallest absolute Gasteiger partial charge is 0.226 e. The minimum Gasteiger partial charge on any atom is -0.344 e. The fourth-order valence-electron chi connectivity index (χ4n) is 5.02. The highest BCUT2D eigenvalue weighted by molar-refractivity contribution is 8.14. The van der Waals surface area contributed by atoms with Gasteiger partial charge in [-0.25, -0.2) is 0 Å². The number of nitrogens with zero attached hydrogens (tertiary/aromatic N) is 2. The summed E-state index contributed by atoms with van der Waals surface area (Å²) >= 11 is 8.10. The maximum Gasteiger partial charge on any atom is 0.226 e. The highest BCUT2D eigenvalue weighted by atomic mass is 35.5. The molecule has 3 aliphatic rings. The number of amides is 1. The number of carbonyl (C=O) groups excluding carboxylic acids is 1. The third-order valence-electron chi connectivity index (χ3n) is 6.73. The van der Waals surface area contributed by atoms with Crippen LogP contribution in [0.3, 0.4) is 0 Å². The zero-order valence-corrected chi connectivity index (χ0v) is 20.8. The molecule has 1 atom stereocenters. The molecule has 4 nitrogen and oxygen atoms in total. The molecule has 31 heavy (non-hydrogen) atoms. The van der Waals surface area contributed by atoms with Gasteiger partial charge in [0.25, 0.3) is 0 Å². The molecule has 4 rings (SSSR count). The van der Waals surface area contributed by atoms with Crippen molar-refractivity contribution >= 4 is 52.5 Å². The highest BCUT2D eigenvalue weighted by Gasteiger charge is 2.37. The Morgan fingerprint density at radius 3 is 2.48 bits per heavy atom. The minimum atomic E-state index is 0. The number of halogens is 2. The lowest BCUT2D eigenvalue weighted by Crippen LogP contribution is -2.45. The molecule has 2 saturated carbocycles. The number of rotatable bonds is 5. The third kappa shape index (κ3) is 6.55. The summed E-state index contributed by atoms with van der Waals surface area (Å²) in [7, 11) is 0. The van der Waals surface area contributed by atoms with Crippen molar-refractivity contribution in [3.05, 3.63) is 28.8 Å². The molecule has 3 fully saturated rings. The first-order chi connectivity index (χ1) is 14.6. The number of hydrogen-bond acceptors (Lipinski definition) is 3. The molecule has 0 bridgehead atoms. The van der Waals surface area contributed by atoms with E-state index in [2.05, 4.69) is 10.2 Å². The number of carbonyl (C=O) groups is 1. The predicted octanol–water partition coefficient (Wildman–Crippen LogP) is 6.84. The van der Waals surface area contributed by atoms with Crippen LogP contribution in [0.5, 0.6) is 0 Å². The van der Waals surface area contributed by atoms with Crippen LogP contribution in [0.2, 0.25) is 5.02 Å². The van der Waals surface area contributed by atoms with Crippen LogP contribution in [0.4, 0.5) is 5.69 Å². The van der Waals surface area contributed by atoms with E-state index >= 15 is 0 Å². The van der Waals surface area contributed by atoms with Crippen molar-refractivity contribution in [2.24, 2.45) is 4.99 Å². The first-order valence-electron chi connectivity index (χ1n) is 11.6. The lowest BCUT2D eigenvalue weighted by atomic mass is 9.93. The summed E-state index contributed by atoms with van der Waals surface area (Å²) in [5, 5.41) is 4.96. The highest BCUT2D eigenvalue weighted by Crippen LogP contribution is 2.35. The lowest BCUT2D eigenvalue weighted by molar-refractivity contribution is -0.117. The first-order valence-corrected chi connectivity index (χ1v) is 13.0. The average Bonchev–Trinajstić information content (AvgIpc) is 3.14. The quantitative estimate of drug-likeness (QED) is 0.498. The van der Waals surface area contributed by atoms with E-state index in [1.807, 2.05) is 36.9 Å². The first kappa shape index (κ1) is 24.7. The number of amidine groups is 1. The second-order valence-corrected chi connectivity index (χ2v) is 10.5. The zero-order valence-electron chi connectivity index (χ0n) is 18.4. The molecule has 1 amide bonds. The van der Waals surface area contributed by atoms with E-state index in [1.54, 1.807) is 0 Å². The van der Waals surface area contributed by atoms with Gasteiger partial charge in [0, 0.05) is 35.0 Å². The fraction of sp³-hybridized carbons (Fsp3) is 0.667. The van der Waals surface area contributed by atoms with Crippen LogP contribution in [0.25, 0.3) is 0 Å². The van der Waals surface area contributed by atoms with E-state index in [9.17, 15) is 4.79 Å². The van der Waals surface area contributed by atoms with Crippen molar-refractivity contribution in [2.75, 3.05) is 11.1 Å². The van der Waals surface area contributed by atoms with Gasteiger partial charge in [-0.2, -0.15) is 0 Å². The van der Waals surface area contributed by atoms with Gasteiger partial charge in [-0.3, -0.25) is 9.79 Å². The summed E-state index contributed by atoms with van der Waals surface area (Å²) in [5.74, 6) is 1.03. The van der Waals surface area contributed by atoms with Crippen LogP contribution in [-0.2, 0) is 4.79 Å². The molecule has 7 heteroatoms. The summed E-state index contributed by atoms with van der Waals surface area (Å²) in [6.07, 6.45) is 13.3. The maximum absolute atomic E-state index is 12.9. The van der Waals surface area contributed by atoms with Gasteiger partial charge in [-0.15, -0.1) is 12.4 Å². The van der Waals surface area contributed by atoms with Crippen molar-refractivity contribution in [3.63, 3.8) is 0 Å². The molecule has 1 N–H and O–H groups in total. The number of hydrogen-bond donors (Lipinski definition) is 1. The molecular formula is C24H35Cl2N3OS. The van der Waals surface area contributed by atoms with E-state index in [1.165, 1.54) is 69.4 Å². The van der Waals surface area contributed by atoms with Gasteiger partial charge in [-0.1, -0.05) is 68.0 Å². The summed E-state index contributed by atoms with van der Waals surface area (Å²) in [6, 6.07) is 6.98. The van der Waals surface area contributed by atoms with Crippen molar-refractivity contribution in [3.8, 4) is 0 Å². The minimum absolute atomic E-state index is 0. The Hall–Kier alpha value is -0.910. The normalized spacial score (nSPS) is 24.3. The molecule has 0 radical (unpaired) electrons. The van der Waals surface area contributed by atoms with Gasteiger partial charge in [0.05, 0.1) is 6.04 Å². The van der Waals surface area contributed by atoms with Crippen LogP contribution in [-0.4, -0.2) is 39.9 Å². The third-order valence-corrected chi connectivity index (χ3v) is 8.26. The van der Waals surface area contributed by atoms with Crippen molar-refractivity contribution < 1.29 is 4.79 Å². The standard InChI is InChI=1S/C24H34ClN3OS.ClH/c1-17-12-13-19(14-22(17)25)26-23(29)15-21-16-30-24(27-18-8-4-2-5-9-18)28(21)20-10-6-3-7-11-20;/h12-14,18,20-21H,2-11,15-16H2,1H3,(H,26,29);1H. The molecule has 1 aromatic carbocycles. The molecule has 0 aromatic heterocycles. The van der Waals surface area contributed by atoms with Crippen LogP contribution in [0.1, 0.15) is 76.2 Å². The van der Waals surface area contributed by atoms with Gasteiger partial charge >= 0.3 is 0 Å². The topological polar surface area (TPSA) is 44.7 Å². The van der Waals surface area contributed by atoms with Gasteiger partial charge < -0.3 is 10.2 Å². The van der Waals surface area contributed by atoms with Crippen LogP contribution < -0.4 is 5.32 Å². The number of thioether (sulfide) groups is 1. The second-order valence-electron chi connectivity index (χ2n) is 9.08. The Labute approximate surface area is 202 Å². The number of aryl methyl sites for hydroxylation is 1. The molecule has 1 unspecified atom stereocenters. The van der Waals surface area contributed by atoms with Crippen molar-refractivity contribution in [1.82, 2.24) is 4.90 Å². The van der Waals surface area contributed by atoms with Gasteiger partial charge in [0.1, 0.15) is 0 Å². The number of nitrogens with one attached hydrogen (secondary N) is 1. The summed E-state index contributed by atoms with van der Waals surface area (Å²) in [5.41, 5.74) is 1.80. The summed E-state index contributed by atoms with van der Waals surface area (Å²) < 4.78 is 0. The van der Waals surface area contributed by atoms with E-state index < -0.39 is 0 Å². The maximum atomic E-state index is 12.9. The van der Waals surface area contributed by atoms with Crippen molar-refractivity contribution in [1.29, 1.82) is 0 Å². The Balaban J connectivity index is 0.00000272.